The van der Waals surface area contributed by atoms with Crippen LogP contribution < -0.4 is 16.0 Å². The molecule has 1 aliphatic heterocycles. The maximum Gasteiger partial charge on any atom is 0.315 e. The van der Waals surface area contributed by atoms with E-state index < -0.39 is 18.0 Å². The number of hydrogen-bond donors (Lipinski definition) is 4. The summed E-state index contributed by atoms with van der Waals surface area (Å²) in [7, 11) is 0. The zero-order valence-electron chi connectivity index (χ0n) is 9.49. The lowest BCUT2D eigenvalue weighted by Crippen LogP contribution is -2.52. The SMILES string of the molecule is O=C(O)CCCNC(=O)NC1CCCNC1=O. The van der Waals surface area contributed by atoms with E-state index in [1.807, 2.05) is 0 Å². The monoisotopic (exact) mass is 243 g/mol. The Morgan fingerprint density at radius 2 is 2.24 bits per heavy atom. The van der Waals surface area contributed by atoms with Crippen LogP contribution in [0.25, 0.3) is 0 Å². The van der Waals surface area contributed by atoms with Crippen molar-refractivity contribution in [1.82, 2.24) is 16.0 Å². The summed E-state index contributed by atoms with van der Waals surface area (Å²) in [4.78, 5) is 32.9. The predicted molar refractivity (Wildman–Crippen MR) is 59.4 cm³/mol. The van der Waals surface area contributed by atoms with Crippen LogP contribution >= 0.6 is 0 Å². The van der Waals surface area contributed by atoms with Crippen LogP contribution in [0.4, 0.5) is 4.79 Å². The lowest BCUT2D eigenvalue weighted by atomic mass is 10.1. The summed E-state index contributed by atoms with van der Waals surface area (Å²) in [6.45, 7) is 0.934. The number of carboxylic acids is 1. The van der Waals surface area contributed by atoms with Gasteiger partial charge < -0.3 is 21.1 Å². The van der Waals surface area contributed by atoms with E-state index in [9.17, 15) is 14.4 Å². The molecule has 7 heteroatoms. The molecule has 0 aromatic heterocycles. The molecule has 7 nitrogen and oxygen atoms in total. The van der Waals surface area contributed by atoms with Crippen LogP contribution in [-0.2, 0) is 9.59 Å². The van der Waals surface area contributed by atoms with Gasteiger partial charge >= 0.3 is 12.0 Å². The maximum atomic E-state index is 11.4. The molecule has 0 spiro atoms. The summed E-state index contributed by atoms with van der Waals surface area (Å²) in [5.41, 5.74) is 0. The molecule has 0 saturated carbocycles. The van der Waals surface area contributed by atoms with Gasteiger partial charge in [-0.2, -0.15) is 0 Å². The molecule has 4 N–H and O–H groups in total. The fourth-order valence-corrected chi connectivity index (χ4v) is 1.56. The van der Waals surface area contributed by atoms with Crippen molar-refractivity contribution >= 4 is 17.9 Å². The average Bonchev–Trinajstić information content (AvgIpc) is 2.27. The zero-order valence-corrected chi connectivity index (χ0v) is 9.49. The van der Waals surface area contributed by atoms with Gasteiger partial charge in [0.2, 0.25) is 5.91 Å². The van der Waals surface area contributed by atoms with E-state index in [2.05, 4.69) is 16.0 Å². The third-order valence-corrected chi connectivity index (χ3v) is 2.44. The number of carboxylic acid groups (broad SMARTS) is 1. The molecule has 0 aromatic carbocycles. The Balaban J connectivity index is 2.15. The molecule has 0 bridgehead atoms. The van der Waals surface area contributed by atoms with Gasteiger partial charge in [0.15, 0.2) is 0 Å². The topological polar surface area (TPSA) is 108 Å². The van der Waals surface area contributed by atoms with Crippen LogP contribution in [0.1, 0.15) is 25.7 Å². The van der Waals surface area contributed by atoms with Gasteiger partial charge in [-0.1, -0.05) is 0 Å². The average molecular weight is 243 g/mol. The van der Waals surface area contributed by atoms with Gasteiger partial charge in [-0.25, -0.2) is 4.79 Å². The number of aliphatic carboxylic acids is 1. The summed E-state index contributed by atoms with van der Waals surface area (Å²) in [6, 6.07) is -0.916. The van der Waals surface area contributed by atoms with Crippen molar-refractivity contribution in [2.24, 2.45) is 0 Å². The van der Waals surface area contributed by atoms with E-state index >= 15 is 0 Å². The van der Waals surface area contributed by atoms with Crippen molar-refractivity contribution in [2.45, 2.75) is 31.7 Å². The van der Waals surface area contributed by atoms with Crippen molar-refractivity contribution in [2.75, 3.05) is 13.1 Å². The van der Waals surface area contributed by atoms with E-state index in [4.69, 9.17) is 5.11 Å². The minimum Gasteiger partial charge on any atom is -0.481 e. The quantitative estimate of drug-likeness (QED) is 0.485. The van der Waals surface area contributed by atoms with E-state index in [0.29, 0.717) is 19.4 Å². The number of carbonyl (C=O) groups is 3. The van der Waals surface area contributed by atoms with Gasteiger partial charge in [0.1, 0.15) is 6.04 Å². The smallest absolute Gasteiger partial charge is 0.315 e. The third-order valence-electron chi connectivity index (χ3n) is 2.44. The minimum atomic E-state index is -0.890. The second kappa shape index (κ2) is 6.72. The normalized spacial score (nSPS) is 19.3. The molecule has 1 unspecified atom stereocenters. The molecular formula is C10H17N3O4. The van der Waals surface area contributed by atoms with Gasteiger partial charge in [-0.3, -0.25) is 9.59 Å². The Kier molecular flexibility index (Phi) is 5.25. The van der Waals surface area contributed by atoms with Gasteiger partial charge in [-0.05, 0) is 19.3 Å². The molecule has 0 radical (unpaired) electrons. The number of nitrogens with one attached hydrogen (secondary N) is 3. The first kappa shape index (κ1) is 13.3. The molecule has 96 valence electrons. The van der Waals surface area contributed by atoms with Crippen LogP contribution in [-0.4, -0.2) is 42.1 Å². The maximum absolute atomic E-state index is 11.4. The molecule has 3 amide bonds. The summed E-state index contributed by atoms with van der Waals surface area (Å²) >= 11 is 0. The highest BCUT2D eigenvalue weighted by Gasteiger charge is 2.23. The first-order chi connectivity index (χ1) is 8.09. The summed E-state index contributed by atoms with van der Waals surface area (Å²) in [5, 5.41) is 16.1. The van der Waals surface area contributed by atoms with Gasteiger partial charge in [0.05, 0.1) is 0 Å². The molecule has 0 aliphatic carbocycles. The fourth-order valence-electron chi connectivity index (χ4n) is 1.56. The van der Waals surface area contributed by atoms with Gasteiger partial charge in [-0.15, -0.1) is 0 Å². The standard InChI is InChI=1S/C10H17N3O4/c14-8(15)4-2-6-12-10(17)13-7-3-1-5-11-9(7)16/h7H,1-6H2,(H,11,16)(H,14,15)(H2,12,13,17). The highest BCUT2D eigenvalue weighted by Crippen LogP contribution is 2.02. The van der Waals surface area contributed by atoms with E-state index in [1.54, 1.807) is 0 Å². The number of hydrogen-bond acceptors (Lipinski definition) is 3. The largest absolute Gasteiger partial charge is 0.481 e. The number of urea groups is 1. The Bertz CT molecular complexity index is 306. The second-order valence-corrected chi connectivity index (χ2v) is 3.88. The van der Waals surface area contributed by atoms with Crippen LogP contribution in [0, 0.1) is 0 Å². The zero-order chi connectivity index (χ0) is 12.7. The van der Waals surface area contributed by atoms with Gasteiger partial charge in [0.25, 0.3) is 0 Å². The Morgan fingerprint density at radius 3 is 2.88 bits per heavy atom. The molecule has 1 heterocycles. The van der Waals surface area contributed by atoms with Crippen molar-refractivity contribution in [3.8, 4) is 0 Å². The third kappa shape index (κ3) is 5.19. The fraction of sp³-hybridized carbons (Fsp3) is 0.700. The van der Waals surface area contributed by atoms with Crippen LogP contribution in [0.15, 0.2) is 0 Å². The number of carbonyl (C=O) groups excluding carboxylic acids is 2. The van der Waals surface area contributed by atoms with E-state index in [0.717, 1.165) is 6.42 Å². The lowest BCUT2D eigenvalue weighted by Gasteiger charge is -2.22. The molecule has 1 fully saturated rings. The molecule has 1 aliphatic rings. The van der Waals surface area contributed by atoms with Crippen LogP contribution in [0.2, 0.25) is 0 Å². The number of rotatable bonds is 5. The number of amides is 3. The molecule has 1 rings (SSSR count). The Morgan fingerprint density at radius 1 is 1.47 bits per heavy atom. The molecule has 17 heavy (non-hydrogen) atoms. The van der Waals surface area contributed by atoms with Crippen LogP contribution in [0.5, 0.6) is 0 Å². The second-order valence-electron chi connectivity index (χ2n) is 3.88. The summed E-state index contributed by atoms with van der Waals surface area (Å²) < 4.78 is 0. The minimum absolute atomic E-state index is 0.0181. The lowest BCUT2D eigenvalue weighted by molar-refractivity contribution is -0.137. The molecule has 1 atom stereocenters. The first-order valence-corrected chi connectivity index (χ1v) is 5.63. The van der Waals surface area contributed by atoms with Gasteiger partial charge in [0, 0.05) is 19.5 Å². The first-order valence-electron chi connectivity index (χ1n) is 5.63. The van der Waals surface area contributed by atoms with Crippen LogP contribution in [0.3, 0.4) is 0 Å². The van der Waals surface area contributed by atoms with Crippen molar-refractivity contribution in [1.29, 1.82) is 0 Å². The molecule has 0 aromatic rings. The summed E-state index contributed by atoms with van der Waals surface area (Å²) in [5.74, 6) is -1.06. The highest BCUT2D eigenvalue weighted by molar-refractivity contribution is 5.87. The van der Waals surface area contributed by atoms with Crippen molar-refractivity contribution in [3.05, 3.63) is 0 Å². The number of piperidine rings is 1. The molecular weight excluding hydrogens is 226 g/mol. The predicted octanol–water partition coefficient (Wildman–Crippen LogP) is -0.571. The summed E-state index contributed by atoms with van der Waals surface area (Å²) in [6.07, 6.45) is 1.87. The highest BCUT2D eigenvalue weighted by atomic mass is 16.4. The van der Waals surface area contributed by atoms with Crippen molar-refractivity contribution in [3.63, 3.8) is 0 Å². The van der Waals surface area contributed by atoms with Crippen molar-refractivity contribution < 1.29 is 19.5 Å². The van der Waals surface area contributed by atoms with E-state index in [1.165, 1.54) is 0 Å². The Hall–Kier alpha value is -1.79. The van der Waals surface area contributed by atoms with E-state index in [-0.39, 0.29) is 18.9 Å². The molecule has 1 saturated heterocycles. The Labute approximate surface area is 98.9 Å².